The molecular weight excluding hydrogens is 422 g/mol. The van der Waals surface area contributed by atoms with Gasteiger partial charge in [0.25, 0.3) is 10.0 Å². The number of carbonyl (C=O) groups is 1. The van der Waals surface area contributed by atoms with Gasteiger partial charge in [0, 0.05) is 19.6 Å². The lowest BCUT2D eigenvalue weighted by Gasteiger charge is -2.26. The molecule has 166 valence electrons. The van der Waals surface area contributed by atoms with E-state index >= 15 is 0 Å². The van der Waals surface area contributed by atoms with E-state index in [1.807, 2.05) is 0 Å². The highest BCUT2D eigenvalue weighted by Crippen LogP contribution is 2.44. The molecule has 1 atom stereocenters. The summed E-state index contributed by atoms with van der Waals surface area (Å²) in [5.41, 5.74) is 2.54. The Hall–Kier alpha value is -2.66. The molecule has 2 N–H and O–H groups in total. The number of nitrogens with one attached hydrogen (secondary N) is 1. The van der Waals surface area contributed by atoms with Crippen LogP contribution in [0.3, 0.4) is 0 Å². The molecule has 2 aliphatic rings. The number of ether oxygens (including phenoxy) is 2. The first-order valence-electron chi connectivity index (χ1n) is 10.1. The molecule has 2 aromatic carbocycles. The maximum atomic E-state index is 13.2. The summed E-state index contributed by atoms with van der Waals surface area (Å²) < 4.78 is 38.7. The predicted molar refractivity (Wildman–Crippen MR) is 113 cm³/mol. The van der Waals surface area contributed by atoms with Crippen LogP contribution in [0.5, 0.6) is 5.75 Å². The Balaban J connectivity index is 1.51. The van der Waals surface area contributed by atoms with E-state index in [0.717, 1.165) is 32.8 Å². The number of fused-ring (bicyclic) bond motifs is 1. The lowest BCUT2D eigenvalue weighted by atomic mass is 10.0. The average molecular weight is 448 g/mol. The minimum absolute atomic E-state index is 0.163. The fraction of sp³-hybridized carbons (Fsp3) is 0.381. The zero-order valence-corrected chi connectivity index (χ0v) is 17.8. The second-order valence-electron chi connectivity index (χ2n) is 7.39. The van der Waals surface area contributed by atoms with Gasteiger partial charge in [-0.15, -0.1) is 0 Å². The molecule has 0 aliphatic carbocycles. The first-order chi connectivity index (χ1) is 15.0. The number of hydrogen-bond donors (Lipinski definition) is 2. The Morgan fingerprint density at radius 1 is 1.13 bits per heavy atom. The molecule has 1 unspecified atom stereocenters. The molecule has 1 fully saturated rings. The van der Waals surface area contributed by atoms with Gasteiger partial charge in [-0.3, -0.25) is 19.2 Å². The van der Waals surface area contributed by atoms with Crippen LogP contribution in [0.25, 0.3) is 0 Å². The number of anilines is 1. The van der Waals surface area contributed by atoms with Gasteiger partial charge in [0.05, 0.1) is 36.3 Å². The quantitative estimate of drug-likeness (QED) is 0.490. The highest BCUT2D eigenvalue weighted by molar-refractivity contribution is 7.93. The number of amides is 1. The lowest BCUT2D eigenvalue weighted by molar-refractivity contribution is -0.129. The van der Waals surface area contributed by atoms with Gasteiger partial charge in [-0.2, -0.15) is 0 Å². The largest absolute Gasteiger partial charge is 0.492 e. The molecule has 1 amide bonds. The van der Waals surface area contributed by atoms with E-state index in [9.17, 15) is 13.2 Å². The first-order valence-corrected chi connectivity index (χ1v) is 11.5. The normalized spacial score (nSPS) is 20.3. The van der Waals surface area contributed by atoms with Crippen LogP contribution in [0.15, 0.2) is 53.4 Å². The van der Waals surface area contributed by atoms with Crippen molar-refractivity contribution in [1.82, 2.24) is 10.4 Å². The SMILES string of the molecule is O=C(CC1c2ccccc2S(=O)(=O)N1c1ccc(OCCN2CCOCC2)cc1)NO. The number of carbonyl (C=O) groups excluding carboxylic acids is 1. The Morgan fingerprint density at radius 3 is 2.55 bits per heavy atom. The predicted octanol–water partition coefficient (Wildman–Crippen LogP) is 1.54. The molecule has 0 radical (unpaired) electrons. The van der Waals surface area contributed by atoms with Crippen molar-refractivity contribution in [1.29, 1.82) is 0 Å². The monoisotopic (exact) mass is 447 g/mol. The van der Waals surface area contributed by atoms with Gasteiger partial charge < -0.3 is 9.47 Å². The molecule has 1 saturated heterocycles. The summed E-state index contributed by atoms with van der Waals surface area (Å²) in [6, 6.07) is 12.6. The number of rotatable bonds is 7. The number of sulfonamides is 1. The average Bonchev–Trinajstić information content (AvgIpc) is 3.01. The number of hydroxylamine groups is 1. The van der Waals surface area contributed by atoms with E-state index in [4.69, 9.17) is 14.7 Å². The number of hydrogen-bond acceptors (Lipinski definition) is 7. The zero-order chi connectivity index (χ0) is 21.8. The van der Waals surface area contributed by atoms with Crippen LogP contribution in [0.1, 0.15) is 18.0 Å². The van der Waals surface area contributed by atoms with Crippen molar-refractivity contribution in [3.8, 4) is 5.75 Å². The molecule has 0 aromatic heterocycles. The number of benzene rings is 2. The topological polar surface area (TPSA) is 108 Å². The Labute approximate surface area is 181 Å². The molecule has 9 nitrogen and oxygen atoms in total. The summed E-state index contributed by atoms with van der Waals surface area (Å²) in [5, 5.41) is 8.95. The van der Waals surface area contributed by atoms with Gasteiger partial charge in [0.15, 0.2) is 0 Å². The van der Waals surface area contributed by atoms with Crippen LogP contribution in [0, 0.1) is 0 Å². The molecule has 0 spiro atoms. The van der Waals surface area contributed by atoms with Gasteiger partial charge >= 0.3 is 0 Å². The van der Waals surface area contributed by atoms with Crippen molar-refractivity contribution < 1.29 is 27.9 Å². The Bertz CT molecular complexity index is 1020. The molecule has 0 bridgehead atoms. The van der Waals surface area contributed by atoms with E-state index in [-0.39, 0.29) is 11.3 Å². The summed E-state index contributed by atoms with van der Waals surface area (Å²) in [6.07, 6.45) is -0.204. The number of nitrogens with zero attached hydrogens (tertiary/aromatic N) is 2. The number of morpholine rings is 1. The minimum atomic E-state index is -3.83. The van der Waals surface area contributed by atoms with E-state index < -0.39 is 22.0 Å². The Morgan fingerprint density at radius 2 is 1.84 bits per heavy atom. The maximum absolute atomic E-state index is 13.2. The summed E-state index contributed by atoms with van der Waals surface area (Å²) in [6.45, 7) is 4.55. The van der Waals surface area contributed by atoms with Crippen molar-refractivity contribution in [2.45, 2.75) is 17.4 Å². The fourth-order valence-corrected chi connectivity index (χ4v) is 5.82. The zero-order valence-electron chi connectivity index (χ0n) is 16.9. The van der Waals surface area contributed by atoms with E-state index in [1.165, 1.54) is 10.4 Å². The van der Waals surface area contributed by atoms with Crippen LogP contribution in [0.4, 0.5) is 5.69 Å². The standard InChI is InChI=1S/C21H25N3O6S/c25-21(22-26)15-19-18-3-1-2-4-20(18)31(27,28)24(19)16-5-7-17(8-6-16)30-14-11-23-9-12-29-13-10-23/h1-8,19,26H,9-15H2,(H,22,25). The molecule has 2 heterocycles. The van der Waals surface area contributed by atoms with Crippen molar-refractivity contribution in [2.24, 2.45) is 0 Å². The van der Waals surface area contributed by atoms with Crippen molar-refractivity contribution in [3.63, 3.8) is 0 Å². The third kappa shape index (κ3) is 4.52. The van der Waals surface area contributed by atoms with Crippen LogP contribution >= 0.6 is 0 Å². The smallest absolute Gasteiger partial charge is 0.265 e. The van der Waals surface area contributed by atoms with Crippen molar-refractivity contribution >= 4 is 21.6 Å². The summed E-state index contributed by atoms with van der Waals surface area (Å²) >= 11 is 0. The first kappa shape index (κ1) is 21.6. The Kier molecular flexibility index (Phi) is 6.42. The third-order valence-corrected chi connectivity index (χ3v) is 7.38. The molecule has 2 aromatic rings. The minimum Gasteiger partial charge on any atom is -0.492 e. The molecule has 0 saturated carbocycles. The highest BCUT2D eigenvalue weighted by Gasteiger charge is 2.43. The van der Waals surface area contributed by atoms with E-state index in [2.05, 4.69) is 4.90 Å². The fourth-order valence-electron chi connectivity index (χ4n) is 3.93. The van der Waals surface area contributed by atoms with Gasteiger partial charge in [0.1, 0.15) is 12.4 Å². The molecule has 2 aliphatic heterocycles. The van der Waals surface area contributed by atoms with Crippen LogP contribution in [0.2, 0.25) is 0 Å². The van der Waals surface area contributed by atoms with E-state index in [1.54, 1.807) is 47.9 Å². The third-order valence-electron chi connectivity index (χ3n) is 5.47. The molecular formula is C21H25N3O6S. The lowest BCUT2D eigenvalue weighted by Crippen LogP contribution is -2.38. The van der Waals surface area contributed by atoms with Gasteiger partial charge in [0.2, 0.25) is 5.91 Å². The van der Waals surface area contributed by atoms with Crippen LogP contribution in [-0.4, -0.2) is 63.9 Å². The molecule has 10 heteroatoms. The van der Waals surface area contributed by atoms with E-state index in [0.29, 0.717) is 23.6 Å². The van der Waals surface area contributed by atoms with Gasteiger partial charge in [-0.1, -0.05) is 18.2 Å². The highest BCUT2D eigenvalue weighted by atomic mass is 32.2. The van der Waals surface area contributed by atoms with Crippen LogP contribution in [-0.2, 0) is 19.6 Å². The van der Waals surface area contributed by atoms with Gasteiger partial charge in [-0.25, -0.2) is 13.9 Å². The second-order valence-corrected chi connectivity index (χ2v) is 9.17. The van der Waals surface area contributed by atoms with Gasteiger partial charge in [-0.05, 0) is 35.9 Å². The summed E-state index contributed by atoms with van der Waals surface area (Å²) in [7, 11) is -3.83. The summed E-state index contributed by atoms with van der Waals surface area (Å²) in [4.78, 5) is 14.3. The summed E-state index contributed by atoms with van der Waals surface area (Å²) in [5.74, 6) is -0.0271. The molecule has 4 rings (SSSR count). The second kappa shape index (κ2) is 9.23. The van der Waals surface area contributed by atoms with Crippen molar-refractivity contribution in [3.05, 3.63) is 54.1 Å². The maximum Gasteiger partial charge on any atom is 0.265 e. The molecule has 31 heavy (non-hydrogen) atoms. The van der Waals surface area contributed by atoms with Crippen molar-refractivity contribution in [2.75, 3.05) is 43.8 Å². The van der Waals surface area contributed by atoms with Crippen LogP contribution < -0.4 is 14.5 Å².